The van der Waals surface area contributed by atoms with E-state index in [1.54, 1.807) is 0 Å². The van der Waals surface area contributed by atoms with Crippen LogP contribution >= 0.6 is 0 Å². The average molecular weight is 945 g/mol. The molecule has 0 aromatic heterocycles. The molecule has 57 heavy (non-hydrogen) atoms. The summed E-state index contributed by atoms with van der Waals surface area (Å²) in [5, 5.41) is 2.87. The molecule has 0 saturated heterocycles. The van der Waals surface area contributed by atoms with E-state index in [-0.39, 0.29) is 58.7 Å². The molecule has 9 heteroatoms. The summed E-state index contributed by atoms with van der Waals surface area (Å²) in [4.78, 5) is -0.00928. The van der Waals surface area contributed by atoms with Gasteiger partial charge in [0, 0.05) is 0 Å². The second-order valence-electron chi connectivity index (χ2n) is 15.8. The van der Waals surface area contributed by atoms with E-state index < -0.39 is 20.2 Å². The molecule has 4 aromatic carbocycles. The van der Waals surface area contributed by atoms with Gasteiger partial charge in [-0.1, -0.05) is 191 Å². The summed E-state index contributed by atoms with van der Waals surface area (Å²) in [5.74, 6) is 0. The fraction of sp³-hybridized carbons (Fsp3) is 0.583. The van der Waals surface area contributed by atoms with Gasteiger partial charge in [-0.25, -0.2) is 16.8 Å². The van der Waals surface area contributed by atoms with Crippen LogP contribution in [0.15, 0.2) is 70.5 Å². The Labute approximate surface area is 387 Å². The molecule has 0 unspecified atom stereocenters. The molecule has 4 rings (SSSR count). The normalized spacial score (nSPS) is 11.8. The molecule has 0 radical (unpaired) electrons. The second-order valence-corrected chi connectivity index (χ2v) is 18.4. The first-order chi connectivity index (χ1) is 26.9. The van der Waals surface area contributed by atoms with Gasteiger partial charge in [-0.05, 0) is 95.2 Å². The number of hydrogen-bond acceptors (Lipinski definition) is 6. The van der Waals surface area contributed by atoms with Gasteiger partial charge in [0.05, 0.1) is 9.79 Å². The van der Waals surface area contributed by atoms with Gasteiger partial charge in [0.1, 0.15) is 20.2 Å². The zero-order chi connectivity index (χ0) is 40.8. The predicted octanol–water partition coefficient (Wildman–Crippen LogP) is 13.2. The molecule has 6 nitrogen and oxygen atoms in total. The Kier molecular flexibility index (Phi) is 25.8. The molecule has 0 aliphatic carbocycles. The maximum Gasteiger partial charge on any atom is 2.00 e. The van der Waals surface area contributed by atoms with Crippen LogP contribution in [0.4, 0.5) is 0 Å². The third-order valence-electron chi connectivity index (χ3n) is 11.0. The summed E-state index contributed by atoms with van der Waals surface area (Å²) in [6.07, 6.45) is 26.7. The minimum atomic E-state index is -4.50. The molecule has 0 bridgehead atoms. The Morgan fingerprint density at radius 2 is 0.684 bits per heavy atom. The summed E-state index contributed by atoms with van der Waals surface area (Å²) < 4.78 is 72.0. The number of hydrogen-bond donors (Lipinski definition) is 0. The van der Waals surface area contributed by atoms with Crippen molar-refractivity contribution in [2.45, 2.75) is 192 Å². The summed E-state index contributed by atoms with van der Waals surface area (Å²) in [7, 11) is -9.00. The number of benzene rings is 4. The topological polar surface area (TPSA) is 114 Å². The van der Waals surface area contributed by atoms with E-state index in [1.165, 1.54) is 88.2 Å². The van der Waals surface area contributed by atoms with E-state index in [0.29, 0.717) is 34.7 Å². The molecule has 0 saturated carbocycles. The quantitative estimate of drug-likeness (QED) is 0.0352. The molecule has 0 N–H and O–H groups in total. The number of aryl methyl sites for hydroxylation is 4. The van der Waals surface area contributed by atoms with Crippen molar-refractivity contribution in [1.29, 1.82) is 0 Å². The first-order valence-electron chi connectivity index (χ1n) is 21.9. The van der Waals surface area contributed by atoms with Crippen LogP contribution in [0.1, 0.15) is 178 Å². The molecule has 0 amide bonds. The third-order valence-corrected chi connectivity index (χ3v) is 12.9. The Balaban J connectivity index is 0.000000387. The minimum Gasteiger partial charge on any atom is -0.744 e. The Morgan fingerprint density at radius 3 is 0.982 bits per heavy atom. The van der Waals surface area contributed by atoms with Gasteiger partial charge in [-0.3, -0.25) is 0 Å². The zero-order valence-electron chi connectivity index (χ0n) is 35.7. The first-order valence-corrected chi connectivity index (χ1v) is 24.8. The van der Waals surface area contributed by atoms with Crippen LogP contribution < -0.4 is 0 Å². The fourth-order valence-electron chi connectivity index (χ4n) is 7.79. The maximum atomic E-state index is 12.0. The molecular formula is C48H70BaO6S2. The van der Waals surface area contributed by atoms with Crippen molar-refractivity contribution >= 4 is 90.7 Å². The van der Waals surface area contributed by atoms with Crippen LogP contribution in [0.2, 0.25) is 0 Å². The smallest absolute Gasteiger partial charge is 0.744 e. The van der Waals surface area contributed by atoms with Crippen LogP contribution in [0.25, 0.3) is 21.5 Å². The minimum absolute atomic E-state index is 0. The van der Waals surface area contributed by atoms with E-state index in [9.17, 15) is 25.9 Å². The maximum absolute atomic E-state index is 12.0. The van der Waals surface area contributed by atoms with Crippen molar-refractivity contribution in [2.24, 2.45) is 0 Å². The van der Waals surface area contributed by atoms with Crippen LogP contribution in [-0.4, -0.2) is 74.8 Å². The Morgan fingerprint density at radius 1 is 0.386 bits per heavy atom. The molecule has 4 aromatic rings. The number of fused-ring (bicyclic) bond motifs is 2. The monoisotopic (exact) mass is 944 g/mol. The van der Waals surface area contributed by atoms with E-state index in [1.807, 2.05) is 48.5 Å². The summed E-state index contributed by atoms with van der Waals surface area (Å²) in [5.41, 5.74) is 3.77. The van der Waals surface area contributed by atoms with Gasteiger partial charge in [-0.2, -0.15) is 0 Å². The fourth-order valence-corrected chi connectivity index (χ4v) is 9.68. The van der Waals surface area contributed by atoms with Gasteiger partial charge < -0.3 is 9.11 Å². The molecule has 0 aliphatic heterocycles. The predicted molar refractivity (Wildman–Crippen MR) is 239 cm³/mol. The molecule has 0 aliphatic rings. The van der Waals surface area contributed by atoms with Crippen LogP contribution in [0, 0.1) is 0 Å². The van der Waals surface area contributed by atoms with Crippen molar-refractivity contribution in [3.8, 4) is 0 Å². The van der Waals surface area contributed by atoms with Crippen molar-refractivity contribution in [3.05, 3.63) is 82.9 Å². The Hall–Kier alpha value is -1.21. The van der Waals surface area contributed by atoms with Crippen molar-refractivity contribution in [1.82, 2.24) is 0 Å². The van der Waals surface area contributed by atoms with Crippen LogP contribution in [0.3, 0.4) is 0 Å². The van der Waals surface area contributed by atoms with Crippen molar-refractivity contribution in [2.75, 3.05) is 0 Å². The molecule has 0 heterocycles. The number of rotatable bonds is 26. The van der Waals surface area contributed by atoms with E-state index in [0.717, 1.165) is 75.0 Å². The number of unbranched alkanes of at least 4 members (excludes halogenated alkanes) is 16. The van der Waals surface area contributed by atoms with Crippen LogP contribution in [-0.2, 0) is 45.9 Å². The molecule has 312 valence electrons. The zero-order valence-corrected chi connectivity index (χ0v) is 41.8. The molecule has 0 atom stereocenters. The molecular weight excluding hydrogens is 874 g/mol. The molecule has 0 fully saturated rings. The van der Waals surface area contributed by atoms with Crippen LogP contribution in [0.5, 0.6) is 0 Å². The standard InChI is InChI=1S/2C24H36O3S.Ba/c2*1-3-5-7-9-11-13-20-15-18-23-22(19-20)17-16-21(24(23)28(25,26)27)14-12-10-8-6-4-2;/h2*15-19H,3-14H2,1-2H3,(H,25,26,27);/q;;+2/p-2. The average Bonchev–Trinajstić information content (AvgIpc) is 3.16. The Bertz CT molecular complexity index is 1830. The largest absolute Gasteiger partial charge is 2.00 e. The second kappa shape index (κ2) is 28.3. The van der Waals surface area contributed by atoms with Gasteiger partial charge in [-0.15, -0.1) is 0 Å². The van der Waals surface area contributed by atoms with E-state index in [4.69, 9.17) is 0 Å². The summed E-state index contributed by atoms with van der Waals surface area (Å²) in [6, 6.07) is 19.4. The molecule has 0 spiro atoms. The van der Waals surface area contributed by atoms with Gasteiger partial charge >= 0.3 is 48.9 Å². The first kappa shape index (κ1) is 51.9. The van der Waals surface area contributed by atoms with Gasteiger partial charge in [0.2, 0.25) is 0 Å². The summed E-state index contributed by atoms with van der Waals surface area (Å²) >= 11 is 0. The summed E-state index contributed by atoms with van der Waals surface area (Å²) in [6.45, 7) is 8.77. The van der Waals surface area contributed by atoms with E-state index in [2.05, 4.69) is 39.8 Å². The van der Waals surface area contributed by atoms with Gasteiger partial charge in [0.15, 0.2) is 0 Å². The van der Waals surface area contributed by atoms with E-state index >= 15 is 0 Å². The van der Waals surface area contributed by atoms with Gasteiger partial charge in [0.25, 0.3) is 0 Å². The van der Waals surface area contributed by atoms with Crippen molar-refractivity contribution < 1.29 is 25.9 Å². The SMILES string of the molecule is CCCCCCCc1ccc2c(S(=O)(=O)[O-])c(CCCCCCC)ccc2c1.CCCCCCCc1ccc2c(S(=O)(=O)[O-])c(CCCCCCC)ccc2c1.[Ba+2]. The third kappa shape index (κ3) is 18.5. The van der Waals surface area contributed by atoms with Crippen molar-refractivity contribution in [3.63, 3.8) is 0 Å².